The second-order valence-corrected chi connectivity index (χ2v) is 14.9. The summed E-state index contributed by atoms with van der Waals surface area (Å²) in [6.07, 6.45) is 3.40. The Morgan fingerprint density at radius 2 is 1.12 bits per heavy atom. The van der Waals surface area contributed by atoms with Crippen molar-refractivity contribution in [1.29, 1.82) is 0 Å². The van der Waals surface area contributed by atoms with E-state index in [1.54, 1.807) is 12.4 Å². The molecule has 0 amide bonds. The maximum absolute atomic E-state index is 4.12. The molecule has 0 aliphatic heterocycles. The van der Waals surface area contributed by atoms with E-state index >= 15 is 0 Å². The Labute approximate surface area is 213 Å². The quantitative estimate of drug-likeness (QED) is 0.219. The molecule has 7 heteroatoms. The molecule has 3 aromatic carbocycles. The third-order valence-electron chi connectivity index (χ3n) is 4.44. The molecule has 0 spiro atoms. The van der Waals surface area contributed by atoms with Crippen LogP contribution in [-0.2, 0) is 19.8 Å². The smallest absolute Gasteiger partial charge is 0.574 e. The fourth-order valence-electron chi connectivity index (χ4n) is 2.90. The minimum atomic E-state index is -0.153. The van der Waals surface area contributed by atoms with Crippen LogP contribution in [0.25, 0.3) is 11.4 Å². The van der Waals surface area contributed by atoms with Crippen molar-refractivity contribution >= 4 is 39.8 Å². The number of hydrogen-bond acceptors (Lipinski definition) is 2. The zero-order valence-electron chi connectivity index (χ0n) is 17.8. The first-order chi connectivity index (χ1) is 15.9. The van der Waals surface area contributed by atoms with Crippen molar-refractivity contribution in [3.8, 4) is 11.4 Å². The van der Waals surface area contributed by atoms with Gasteiger partial charge in [0.25, 0.3) is 0 Å². The molecule has 1 radical (unpaired) electrons. The van der Waals surface area contributed by atoms with E-state index in [0.29, 0.717) is 0 Å². The van der Waals surface area contributed by atoms with E-state index in [1.165, 1.54) is 15.9 Å². The average Bonchev–Trinajstić information content (AvgIpc) is 3.42. The molecule has 3 nitrogen and oxygen atoms in total. The van der Waals surface area contributed by atoms with Crippen molar-refractivity contribution in [1.82, 2.24) is 15.2 Å². The predicted molar refractivity (Wildman–Crippen MR) is 143 cm³/mol. The van der Waals surface area contributed by atoms with Crippen molar-refractivity contribution in [2.24, 2.45) is 0 Å². The number of nitrogens with zero attached hydrogens (tertiary/aromatic N) is 3. The van der Waals surface area contributed by atoms with Crippen LogP contribution in [0, 0.1) is 0 Å². The molecule has 2 aromatic heterocycles. The van der Waals surface area contributed by atoms with E-state index in [2.05, 4.69) is 106 Å². The van der Waals surface area contributed by atoms with Crippen LogP contribution in [0.3, 0.4) is 0 Å². The SMILES string of the molecule is [Os+].c1ccc(-c2ccn[n-]2)nc1.c1ccc(PP(Pc2ccccc2)c2ccccc2)cc1. The second kappa shape index (κ2) is 14.3. The fraction of sp³-hybridized carbons (Fsp3) is 0. The third kappa shape index (κ3) is 8.34. The van der Waals surface area contributed by atoms with Gasteiger partial charge in [-0.15, -0.1) is 0 Å². The standard InChI is InChI=1S/C18H17P3.C8H6N3.Os/c1-4-10-16(11-5-1)19-21(18-14-8-3-9-15-18)20-17-12-6-2-7-13-17;1-2-5-9-7(3-1)8-4-6-10-11-8;/h1-15,19-20H;1-6H;/q;-1;+1. The average molecular weight is 661 g/mol. The van der Waals surface area contributed by atoms with Gasteiger partial charge < -0.3 is 10.2 Å². The molecule has 0 N–H and O–H groups in total. The molecule has 33 heavy (non-hydrogen) atoms. The van der Waals surface area contributed by atoms with E-state index in [4.69, 9.17) is 0 Å². The Morgan fingerprint density at radius 3 is 1.61 bits per heavy atom. The molecular formula is C26H23N3OsP3. The monoisotopic (exact) mass is 662 g/mol. The van der Waals surface area contributed by atoms with Crippen LogP contribution in [0.15, 0.2) is 128 Å². The minimum Gasteiger partial charge on any atom is -0.574 e. The van der Waals surface area contributed by atoms with Crippen molar-refractivity contribution in [3.63, 3.8) is 0 Å². The van der Waals surface area contributed by atoms with Gasteiger partial charge in [-0.1, -0.05) is 125 Å². The van der Waals surface area contributed by atoms with E-state index in [9.17, 15) is 0 Å². The van der Waals surface area contributed by atoms with Gasteiger partial charge in [0, 0.05) is 18.1 Å². The van der Waals surface area contributed by atoms with E-state index in [1.807, 2.05) is 24.3 Å². The number of pyridine rings is 1. The van der Waals surface area contributed by atoms with Gasteiger partial charge >= 0.3 is 19.8 Å². The molecule has 2 atom stereocenters. The molecular weight excluding hydrogens is 637 g/mol. The van der Waals surface area contributed by atoms with Crippen molar-refractivity contribution in [2.75, 3.05) is 0 Å². The number of benzene rings is 3. The van der Waals surface area contributed by atoms with Crippen LogP contribution in [0.5, 0.6) is 0 Å². The topological polar surface area (TPSA) is 39.9 Å². The normalized spacial score (nSPS) is 11.6. The van der Waals surface area contributed by atoms with Crippen LogP contribution in [0.1, 0.15) is 0 Å². The Morgan fingerprint density at radius 1 is 0.576 bits per heavy atom. The van der Waals surface area contributed by atoms with Gasteiger partial charge in [-0.05, 0) is 35.3 Å². The summed E-state index contributed by atoms with van der Waals surface area (Å²) in [5.41, 5.74) is 1.69. The molecule has 0 saturated heterocycles. The maximum Gasteiger partial charge on any atom is 1.00 e. The van der Waals surface area contributed by atoms with Gasteiger partial charge in [-0.2, -0.15) is 0 Å². The molecule has 2 heterocycles. The molecule has 5 aromatic rings. The first-order valence-electron chi connectivity index (χ1n) is 10.2. The molecule has 5 rings (SSSR count). The largest absolute Gasteiger partial charge is 1.00 e. The summed E-state index contributed by atoms with van der Waals surface area (Å²) in [5.74, 6) is 0. The number of hydrogen-bond donors (Lipinski definition) is 0. The number of aromatic nitrogens is 3. The summed E-state index contributed by atoms with van der Waals surface area (Å²) in [4.78, 5) is 4.12. The zero-order chi connectivity index (χ0) is 21.8. The van der Waals surface area contributed by atoms with Crippen molar-refractivity contribution < 1.29 is 19.8 Å². The van der Waals surface area contributed by atoms with Gasteiger partial charge in [-0.3, -0.25) is 4.98 Å². The summed E-state index contributed by atoms with van der Waals surface area (Å²) in [6.45, 7) is 0. The number of rotatable bonds is 6. The van der Waals surface area contributed by atoms with Gasteiger partial charge in [0.2, 0.25) is 0 Å². The molecule has 165 valence electrons. The van der Waals surface area contributed by atoms with E-state index < -0.39 is 0 Å². The van der Waals surface area contributed by atoms with Crippen LogP contribution < -0.4 is 21.0 Å². The molecule has 0 fully saturated rings. The van der Waals surface area contributed by atoms with Gasteiger partial charge in [0.05, 0.1) is 0 Å². The third-order valence-corrected chi connectivity index (χ3v) is 13.3. The Bertz CT molecular complexity index is 1120. The van der Waals surface area contributed by atoms with Gasteiger partial charge in [-0.25, -0.2) is 0 Å². The summed E-state index contributed by atoms with van der Waals surface area (Å²) in [7, 11) is 1.60. The first-order valence-corrected chi connectivity index (χ1v) is 15.3. The summed E-state index contributed by atoms with van der Waals surface area (Å²) < 4.78 is 0. The van der Waals surface area contributed by atoms with Gasteiger partial charge in [0.1, 0.15) is 0 Å². The van der Waals surface area contributed by atoms with E-state index in [-0.39, 0.29) is 27.1 Å². The molecule has 0 aliphatic rings. The Hall–Kier alpha value is -2.05. The molecule has 2 unspecified atom stereocenters. The zero-order valence-corrected chi connectivity index (χ0v) is 23.2. The molecule has 0 saturated carbocycles. The van der Waals surface area contributed by atoms with Crippen LogP contribution in [-0.4, -0.2) is 10.1 Å². The molecule has 0 bridgehead atoms. The van der Waals surface area contributed by atoms with Crippen molar-refractivity contribution in [2.45, 2.75) is 0 Å². The minimum absolute atomic E-state index is 0. The Balaban J connectivity index is 0.000000215. The second-order valence-electron chi connectivity index (χ2n) is 6.76. The van der Waals surface area contributed by atoms with E-state index in [0.717, 1.165) is 27.9 Å². The summed E-state index contributed by atoms with van der Waals surface area (Å²) >= 11 is 0. The molecule has 0 aliphatic carbocycles. The predicted octanol–water partition coefficient (Wildman–Crippen LogP) is 5.73. The van der Waals surface area contributed by atoms with Crippen LogP contribution in [0.2, 0.25) is 0 Å². The summed E-state index contributed by atoms with van der Waals surface area (Å²) in [6, 6.07) is 40.4. The first kappa shape index (κ1) is 25.6. The van der Waals surface area contributed by atoms with Crippen molar-refractivity contribution in [3.05, 3.63) is 128 Å². The summed E-state index contributed by atoms with van der Waals surface area (Å²) in [5, 5.41) is 12.0. The van der Waals surface area contributed by atoms with Crippen LogP contribution >= 0.6 is 23.8 Å². The maximum atomic E-state index is 4.12. The Kier molecular flexibility index (Phi) is 11.0. The fourth-order valence-corrected chi connectivity index (χ4v) is 12.0. The van der Waals surface area contributed by atoms with Crippen LogP contribution in [0.4, 0.5) is 0 Å². The van der Waals surface area contributed by atoms with Gasteiger partial charge in [0.15, 0.2) is 0 Å².